The molecule has 1 aliphatic carbocycles. The maximum atomic E-state index is 14.0. The predicted octanol–water partition coefficient (Wildman–Crippen LogP) is -5.83. The topological polar surface area (TPSA) is 519 Å². The number of methoxy groups -OCH3 is 1. The molecule has 18 N–H and O–H groups in total. The van der Waals surface area contributed by atoms with Crippen molar-refractivity contribution in [3.05, 3.63) is 29.8 Å². The van der Waals surface area contributed by atoms with Crippen molar-refractivity contribution in [1.82, 2.24) is 26.6 Å². The minimum Gasteiger partial charge on any atom is -0.494 e. The number of rotatable bonds is 33. The molecule has 0 aromatic heterocycles. The van der Waals surface area contributed by atoms with Crippen LogP contribution < -0.4 is 31.3 Å². The van der Waals surface area contributed by atoms with Crippen LogP contribution in [0.1, 0.15) is 116 Å². The minimum absolute atomic E-state index is 0.118. The lowest BCUT2D eigenvalue weighted by molar-refractivity contribution is -0.365. The van der Waals surface area contributed by atoms with E-state index in [-0.39, 0.29) is 12.0 Å². The Labute approximate surface area is 573 Å². The van der Waals surface area contributed by atoms with E-state index in [9.17, 15) is 90.4 Å². The fraction of sp³-hybridized carbons (Fsp3) is 0.828. The van der Waals surface area contributed by atoms with Gasteiger partial charge in [0.1, 0.15) is 128 Å². The first kappa shape index (κ1) is 81.7. The van der Waals surface area contributed by atoms with Crippen molar-refractivity contribution >= 4 is 29.5 Å². The molecule has 35 nitrogen and oxygen atoms in total. The highest BCUT2D eigenvalue weighted by Crippen LogP contribution is 2.38. The van der Waals surface area contributed by atoms with Gasteiger partial charge in [-0.1, -0.05) is 64.4 Å². The summed E-state index contributed by atoms with van der Waals surface area (Å²) in [5.41, 5.74) is 0.118. The van der Waals surface area contributed by atoms with Gasteiger partial charge in [0.05, 0.1) is 57.4 Å². The molecule has 0 bridgehead atoms. The lowest BCUT2D eigenvalue weighted by Gasteiger charge is -2.51. The molecular weight excluding hydrogens is 1320 g/mol. The van der Waals surface area contributed by atoms with Crippen molar-refractivity contribution in [3.8, 4) is 5.75 Å². The van der Waals surface area contributed by atoms with E-state index in [1.807, 2.05) is 0 Å². The van der Waals surface area contributed by atoms with Gasteiger partial charge in [-0.15, -0.1) is 0 Å². The van der Waals surface area contributed by atoms with Gasteiger partial charge in [0.2, 0.25) is 23.6 Å². The number of aliphatic hydroxyl groups is 13. The second-order valence-corrected chi connectivity index (χ2v) is 26.1. The van der Waals surface area contributed by atoms with Gasteiger partial charge in [0.25, 0.3) is 5.91 Å². The fourth-order valence-electron chi connectivity index (χ4n) is 13.5. The maximum Gasteiger partial charge on any atom is 0.251 e. The zero-order valence-corrected chi connectivity index (χ0v) is 56.7. The van der Waals surface area contributed by atoms with E-state index in [1.165, 1.54) is 58.3 Å². The van der Waals surface area contributed by atoms with Gasteiger partial charge < -0.3 is 150 Å². The molecule has 6 aliphatic rings. The molecule has 0 spiro atoms. The Hall–Kier alpha value is -4.59. The van der Waals surface area contributed by atoms with Crippen LogP contribution in [0.4, 0.5) is 0 Å². The van der Waals surface area contributed by atoms with Gasteiger partial charge in [0, 0.05) is 52.9 Å². The molecule has 6 fully saturated rings. The third-order valence-corrected chi connectivity index (χ3v) is 18.7. The third kappa shape index (κ3) is 21.1. The Bertz CT molecular complexity index is 2680. The first-order valence-corrected chi connectivity index (χ1v) is 33.9. The first-order valence-electron chi connectivity index (χ1n) is 33.9. The van der Waals surface area contributed by atoms with Crippen LogP contribution in [0.25, 0.3) is 0 Å². The van der Waals surface area contributed by atoms with Crippen LogP contribution in [0, 0.1) is 5.92 Å². The van der Waals surface area contributed by atoms with Crippen LogP contribution in [0.5, 0.6) is 5.75 Å². The lowest BCUT2D eigenvalue weighted by Crippen LogP contribution is -2.72. The number of aliphatic hydroxyl groups excluding tert-OH is 13. The molecule has 1 aromatic rings. The standard InChI is InChI=1S/C64H105N5O30/c1-8-9-10-11-12-13-14-15-16-20-89-35-19-17-18-33(21-35)59(86)69-41-36(22-34(23-70)47(79)48(41)80)92-54-37(24-71)94-61(43(50(54)82)66-30(4)75)97-55-38(25-72)95-62(44(51(55)83)67-31(5)76)98-56-39(26-73)96-63(45(52(56)84)68-32(6)77)99-57-40(93-60(87)42(49(57)81)65-29(3)74)27-90-64-58(88-7)53(85)46(78)28(2)91-64/h17-19,21,28,34,36-58,60-64,70-73,78-85,87H,8-16,20,22-27H2,1-7H3,(H,65,74)(H,66,75)(H,67,76)(H,68,77)(H,69,86)/t28?,34?,36?,37-,38?,39-,40?,41+,42-,43?,44-,45?,46?,47+,48+,49+,50?,51+,52?,53-,54+,55?,56+,57?,58+,60+,61?,62-,63?,64+/m0/s1. The molecule has 1 saturated carbocycles. The van der Waals surface area contributed by atoms with Gasteiger partial charge in [-0.25, -0.2) is 0 Å². The molecule has 14 unspecified atom stereocenters. The van der Waals surface area contributed by atoms with Crippen LogP contribution in [0.3, 0.4) is 0 Å². The van der Waals surface area contributed by atoms with E-state index in [4.69, 9.17) is 56.8 Å². The summed E-state index contributed by atoms with van der Waals surface area (Å²) in [6.07, 6.45) is -30.7. The average molecular weight is 1420 g/mol. The monoisotopic (exact) mass is 1420 g/mol. The van der Waals surface area contributed by atoms with Crippen molar-refractivity contribution in [3.63, 3.8) is 0 Å². The number of ether oxygens (including phenoxy) is 12. The summed E-state index contributed by atoms with van der Waals surface area (Å²) in [5.74, 6) is -4.50. The van der Waals surface area contributed by atoms with Gasteiger partial charge in [-0.3, -0.25) is 24.0 Å². The van der Waals surface area contributed by atoms with Crippen LogP contribution in [0.2, 0.25) is 0 Å². The van der Waals surface area contributed by atoms with Crippen LogP contribution in [0.15, 0.2) is 24.3 Å². The molecule has 566 valence electrons. The Morgan fingerprint density at radius 2 is 0.929 bits per heavy atom. The highest BCUT2D eigenvalue weighted by atomic mass is 16.8. The first-order chi connectivity index (χ1) is 47.2. The molecule has 5 saturated heterocycles. The van der Waals surface area contributed by atoms with Crippen molar-refractivity contribution in [2.24, 2.45) is 5.92 Å². The number of carbonyl (C=O) groups excluding carboxylic acids is 5. The summed E-state index contributed by atoms with van der Waals surface area (Å²) in [5, 5.41) is 159. The average Bonchev–Trinajstić information content (AvgIpc) is 0.771. The maximum absolute atomic E-state index is 14.0. The summed E-state index contributed by atoms with van der Waals surface area (Å²) in [6, 6.07) is -1.93. The lowest BCUT2D eigenvalue weighted by atomic mass is 9.79. The van der Waals surface area contributed by atoms with Gasteiger partial charge in [-0.05, 0) is 38.0 Å². The van der Waals surface area contributed by atoms with Crippen LogP contribution in [-0.4, -0.2) is 320 Å². The van der Waals surface area contributed by atoms with E-state index in [0.29, 0.717) is 12.4 Å². The molecule has 99 heavy (non-hydrogen) atoms. The van der Waals surface area contributed by atoms with Crippen LogP contribution >= 0.6 is 0 Å². The van der Waals surface area contributed by atoms with Crippen molar-refractivity contribution in [2.45, 2.75) is 283 Å². The molecule has 35 heteroatoms. The Kier molecular flexibility index (Phi) is 32.0. The summed E-state index contributed by atoms with van der Waals surface area (Å²) in [4.78, 5) is 65.2. The highest BCUT2D eigenvalue weighted by molar-refractivity contribution is 5.94. The summed E-state index contributed by atoms with van der Waals surface area (Å²) >= 11 is 0. The third-order valence-electron chi connectivity index (χ3n) is 18.7. The fourth-order valence-corrected chi connectivity index (χ4v) is 13.5. The van der Waals surface area contributed by atoms with Gasteiger partial charge in [0.15, 0.2) is 31.5 Å². The zero-order chi connectivity index (χ0) is 72.5. The van der Waals surface area contributed by atoms with Crippen LogP contribution in [-0.2, 0) is 71.3 Å². The largest absolute Gasteiger partial charge is 0.494 e. The molecule has 5 amide bonds. The molecule has 0 radical (unpaired) electrons. The molecule has 30 atom stereocenters. The summed E-state index contributed by atoms with van der Waals surface area (Å²) < 4.78 is 72.5. The zero-order valence-electron chi connectivity index (χ0n) is 56.7. The molecular formula is C64H105N5O30. The number of hydrogen-bond acceptors (Lipinski definition) is 30. The van der Waals surface area contributed by atoms with E-state index in [1.54, 1.807) is 12.1 Å². The van der Waals surface area contributed by atoms with Crippen molar-refractivity contribution in [2.75, 3.05) is 46.8 Å². The molecule has 7 rings (SSSR count). The predicted molar refractivity (Wildman–Crippen MR) is 337 cm³/mol. The second-order valence-electron chi connectivity index (χ2n) is 26.1. The smallest absolute Gasteiger partial charge is 0.251 e. The number of nitrogens with one attached hydrogen (secondary N) is 5. The molecule has 1 aromatic carbocycles. The summed E-state index contributed by atoms with van der Waals surface area (Å²) in [7, 11) is 1.21. The van der Waals surface area contributed by atoms with Crippen molar-refractivity contribution in [1.29, 1.82) is 0 Å². The molecule has 5 heterocycles. The quantitative estimate of drug-likeness (QED) is 0.0292. The normalized spacial score (nSPS) is 39.5. The number of benzene rings is 1. The number of amides is 5. The molecule has 5 aliphatic heterocycles. The minimum atomic E-state index is -2.04. The second kappa shape index (κ2) is 38.8. The highest BCUT2D eigenvalue weighted by Gasteiger charge is 2.58. The number of hydrogen-bond donors (Lipinski definition) is 18. The summed E-state index contributed by atoms with van der Waals surface area (Å²) in [6.45, 7) is 3.99. The SMILES string of the molecule is CCCCCCCCCCCOc1cccc(C(=O)N[C@@H]2C(O[C@H]3C(O)C(NC(C)=O)C(OC4C(CO)O[C@@H](O[C@H]5C(O)C(NC(C)=O)C(OC6C(CO[C@@H]7OC(C)C(O)[C@H](O)[C@H]7OC)O[C@@H](O)[C@@H](NC(C)=O)[C@H]6O)O[C@H]5CO)[C@@H](NC(C)=O)[C@H]4O)O[C@H]3CO)CC(CO)[C@@H](O)[C@@H]2O)c1. The van der Waals surface area contributed by atoms with Gasteiger partial charge >= 0.3 is 0 Å². The van der Waals surface area contributed by atoms with E-state index >= 15 is 0 Å². The number of carbonyl (C=O) groups is 5. The Morgan fingerprint density at radius 3 is 1.39 bits per heavy atom. The van der Waals surface area contributed by atoms with Crippen molar-refractivity contribution < 1.29 is 147 Å². The van der Waals surface area contributed by atoms with E-state index in [0.717, 1.165) is 53.4 Å². The van der Waals surface area contributed by atoms with Gasteiger partial charge in [-0.2, -0.15) is 0 Å². The number of unbranched alkanes of at least 4 members (excludes halogenated alkanes) is 8. The Morgan fingerprint density at radius 1 is 0.475 bits per heavy atom. The van der Waals surface area contributed by atoms with E-state index < -0.39 is 246 Å². The Balaban J connectivity index is 1.07. The van der Waals surface area contributed by atoms with E-state index in [2.05, 4.69) is 33.5 Å².